The van der Waals surface area contributed by atoms with Crippen molar-refractivity contribution in [3.63, 3.8) is 0 Å². The lowest BCUT2D eigenvalue weighted by Gasteiger charge is -2.27. The van der Waals surface area contributed by atoms with Crippen molar-refractivity contribution in [1.29, 1.82) is 0 Å². The van der Waals surface area contributed by atoms with E-state index in [1.807, 2.05) is 175 Å². The van der Waals surface area contributed by atoms with E-state index >= 15 is 0 Å². The number of hydrogen-bond donors (Lipinski definition) is 0. The highest BCUT2D eigenvalue weighted by Crippen LogP contribution is 2.57. The Balaban J connectivity index is 0.000000105. The van der Waals surface area contributed by atoms with Gasteiger partial charge in [-0.2, -0.15) is 0 Å². The molecule has 0 N–H and O–H groups in total. The second-order valence-corrected chi connectivity index (χ2v) is 38.4. The fraction of sp³-hybridized carbons (Fsp3) is 0. The first kappa shape index (κ1) is 84.6. The summed E-state index contributed by atoms with van der Waals surface area (Å²) in [5.74, 6) is 6.13. The van der Waals surface area contributed by atoms with E-state index in [9.17, 15) is 4.39 Å². The van der Waals surface area contributed by atoms with Crippen molar-refractivity contribution in [2.45, 2.75) is 39.2 Å². The molecule has 10 nitrogen and oxygen atoms in total. The summed E-state index contributed by atoms with van der Waals surface area (Å²) in [6.07, 6.45) is 3.82. The standard InChI is InChI=1S/C35H22ClN3OS.C30H18ClNOS2.C24H15ClFNOS.C24H16ClNOS/c36-23-11-16-34-33(19-23)40-32-15-13-27(21-35(32)41-34)38(24-7-3-1-4-8-24)26-12-14-30-28(20-26)29-22-37-18-17-31(29)39(30)25-9-5-2-6-10-25;31-19-10-14-29-26(16-19)33-25-13-11-22(18-30(25)35-29)32(20-6-2-1-3-7-20)21-12-15-28-24(17-21)23-8-4-5-9-27(23)34-28;25-16-6-13-23-22(14-16)28-21-12-11-20(15-24(21)29-23)27(18-4-2-1-3-5-18)19-9-7-17(26)8-10-19;25-20-12-7-13-22-24(20)27-21-15-14-19(16-23(21)28-22)26(17-8-3-1-4-9-17)18-10-5-2-6-11-18/h1-22H;1-18H;1-15H;1-16H. The molecule has 0 amide bonds. The number of benzene rings is 18. The zero-order valence-electron chi connectivity index (χ0n) is 70.2. The van der Waals surface area contributed by atoms with Crippen LogP contribution in [-0.4, -0.2) is 9.55 Å². The van der Waals surface area contributed by atoms with Gasteiger partial charge in [0.05, 0.1) is 55.2 Å². The second-order valence-electron chi connectivity index (χ2n) is 31.2. The van der Waals surface area contributed by atoms with Crippen LogP contribution in [0, 0.1) is 5.82 Å². The first-order valence-electron chi connectivity index (χ1n) is 42.6. The Morgan fingerprint density at radius 2 is 0.602 bits per heavy atom. The predicted octanol–water partition coefficient (Wildman–Crippen LogP) is 37.3. The third-order valence-corrected chi connectivity index (χ3v) is 29.3. The summed E-state index contributed by atoms with van der Waals surface area (Å²) in [4.78, 5) is 21.8. The molecule has 0 spiro atoms. The SMILES string of the molecule is Clc1ccc2c(c1)Oc1ccc(N(c3ccccc3)c3ccc4c(c3)c3cnccc3n4-c3ccccc3)cc1S2.Clc1ccc2c(c1)Oc1ccc(N(c3ccccc3)c3ccc4sc5ccccc5c4c3)cc1S2.Clc1cccc2c1Oc1ccc(N(c3ccccc3)c3ccccc3)cc1S2.Fc1ccc(N(c2ccccc2)c2ccc3c(c2)Sc2ccc(Cl)cc2O3)cc1. The Morgan fingerprint density at radius 1 is 0.248 bits per heavy atom. The van der Waals surface area contributed by atoms with Gasteiger partial charge in [-0.3, -0.25) is 4.98 Å². The highest BCUT2D eigenvalue weighted by molar-refractivity contribution is 8.00. The fourth-order valence-electron chi connectivity index (χ4n) is 16.7. The number of nitrogens with zero attached hydrogens (tertiary/aromatic N) is 6. The summed E-state index contributed by atoms with van der Waals surface area (Å²) < 4.78 is 42.9. The van der Waals surface area contributed by atoms with Gasteiger partial charge in [-0.25, -0.2) is 4.39 Å². The molecule has 0 unspecified atom stereocenters. The molecule has 20 heteroatoms. The normalized spacial score (nSPS) is 12.1. The van der Waals surface area contributed by atoms with Crippen molar-refractivity contribution in [2.75, 3.05) is 19.6 Å². The molecule has 0 radical (unpaired) electrons. The molecule has 7 heterocycles. The smallest absolute Gasteiger partial charge is 0.159 e. The minimum atomic E-state index is -0.258. The van der Waals surface area contributed by atoms with Gasteiger partial charge in [-0.05, 0) is 267 Å². The van der Waals surface area contributed by atoms with E-state index in [1.165, 1.54) is 32.3 Å². The topological polar surface area (TPSA) is 67.7 Å². The average molecular weight is 1900 g/mol. The molecular formula is C113H71Cl4FN6O4S5. The maximum absolute atomic E-state index is 13.5. The minimum absolute atomic E-state index is 0.258. The Bertz CT molecular complexity index is 7920. The van der Waals surface area contributed by atoms with Gasteiger partial charge in [0.15, 0.2) is 5.75 Å². The fourth-order valence-corrected chi connectivity index (χ4v) is 22.5. The number of para-hydroxylation sites is 7. The van der Waals surface area contributed by atoms with Gasteiger partial charge in [0.1, 0.15) is 46.1 Å². The molecule has 3 aromatic heterocycles. The van der Waals surface area contributed by atoms with Gasteiger partial charge in [0.25, 0.3) is 0 Å². The molecule has 0 aliphatic carbocycles. The van der Waals surface area contributed by atoms with E-state index in [1.54, 1.807) is 59.2 Å². The zero-order valence-corrected chi connectivity index (χ0v) is 77.3. The van der Waals surface area contributed by atoms with Gasteiger partial charge in [-0.1, -0.05) is 227 Å². The number of hydrogen-bond acceptors (Lipinski definition) is 14. The van der Waals surface area contributed by atoms with Crippen LogP contribution in [0.2, 0.25) is 20.1 Å². The lowest BCUT2D eigenvalue weighted by atomic mass is 10.1. The van der Waals surface area contributed by atoms with Gasteiger partial charge in [0, 0.05) is 151 Å². The number of thiophene rings is 1. The van der Waals surface area contributed by atoms with E-state index in [0.29, 0.717) is 20.1 Å². The number of anilines is 12. The highest BCUT2D eigenvalue weighted by atomic mass is 35.5. The van der Waals surface area contributed by atoms with Crippen molar-refractivity contribution < 1.29 is 23.3 Å². The van der Waals surface area contributed by atoms with Crippen molar-refractivity contribution in [3.05, 3.63) is 457 Å². The molecule has 0 atom stereocenters. The molecular weight excluding hydrogens is 1830 g/mol. The van der Waals surface area contributed by atoms with Crippen LogP contribution in [0.1, 0.15) is 0 Å². The molecule has 18 aromatic carbocycles. The van der Waals surface area contributed by atoms with Crippen molar-refractivity contribution in [3.8, 4) is 51.7 Å². The van der Waals surface area contributed by atoms with Crippen molar-refractivity contribution in [1.82, 2.24) is 9.55 Å². The number of halogens is 5. The number of rotatable bonds is 13. The summed E-state index contributed by atoms with van der Waals surface area (Å²) in [7, 11) is 0. The molecule has 0 fully saturated rings. The van der Waals surface area contributed by atoms with Crippen LogP contribution in [0.4, 0.5) is 72.6 Å². The Kier molecular flexibility index (Phi) is 23.7. The quantitative estimate of drug-likeness (QED) is 0.110. The number of pyridine rings is 1. The van der Waals surface area contributed by atoms with Crippen LogP contribution >= 0.6 is 105 Å². The van der Waals surface area contributed by atoms with Crippen LogP contribution in [0.3, 0.4) is 0 Å². The van der Waals surface area contributed by atoms with Crippen LogP contribution in [0.5, 0.6) is 46.0 Å². The van der Waals surface area contributed by atoms with Crippen molar-refractivity contribution in [2.24, 2.45) is 0 Å². The molecule has 4 aliphatic heterocycles. The predicted molar refractivity (Wildman–Crippen MR) is 552 cm³/mol. The summed E-state index contributed by atoms with van der Waals surface area (Å²) in [5, 5.41) is 7.47. The molecule has 4 aliphatic rings. The number of ether oxygens (including phenoxy) is 4. The molecule has 21 aromatic rings. The maximum Gasteiger partial charge on any atom is 0.159 e. The number of aromatic nitrogens is 2. The van der Waals surface area contributed by atoms with Crippen LogP contribution < -0.4 is 38.5 Å². The van der Waals surface area contributed by atoms with Crippen molar-refractivity contribution >= 4 is 215 Å². The van der Waals surface area contributed by atoms with E-state index in [0.717, 1.165) is 181 Å². The van der Waals surface area contributed by atoms with Gasteiger partial charge in [-0.15, -0.1) is 11.3 Å². The largest absolute Gasteiger partial charge is 0.455 e. The molecule has 642 valence electrons. The van der Waals surface area contributed by atoms with Gasteiger partial charge in [0.2, 0.25) is 0 Å². The lowest BCUT2D eigenvalue weighted by molar-refractivity contribution is 0.454. The minimum Gasteiger partial charge on any atom is -0.455 e. The monoisotopic (exact) mass is 1890 g/mol. The van der Waals surface area contributed by atoms with E-state index in [-0.39, 0.29) is 5.82 Å². The zero-order chi connectivity index (χ0) is 89.4. The molecule has 25 rings (SSSR count). The van der Waals surface area contributed by atoms with Gasteiger partial charge < -0.3 is 43.1 Å². The Morgan fingerprint density at radius 3 is 1.06 bits per heavy atom. The Hall–Kier alpha value is -14.0. The van der Waals surface area contributed by atoms with Gasteiger partial charge >= 0.3 is 0 Å². The molecule has 0 saturated carbocycles. The maximum atomic E-state index is 13.5. The van der Waals surface area contributed by atoms with Crippen LogP contribution in [0.15, 0.2) is 470 Å². The third-order valence-electron chi connectivity index (χ3n) is 22.7. The first-order valence-corrected chi connectivity index (χ1v) is 48.2. The number of fused-ring (bicyclic) bond motifs is 14. The molecule has 0 bridgehead atoms. The summed E-state index contributed by atoms with van der Waals surface area (Å²) in [5.41, 5.74) is 16.0. The first-order chi connectivity index (χ1) is 65.4. The third kappa shape index (κ3) is 17.5. The Labute approximate surface area is 808 Å². The molecule has 0 saturated heterocycles. The highest BCUT2D eigenvalue weighted by Gasteiger charge is 2.29. The lowest BCUT2D eigenvalue weighted by Crippen LogP contribution is -2.10. The van der Waals surface area contributed by atoms with Crippen LogP contribution in [0.25, 0.3) is 47.7 Å². The van der Waals surface area contributed by atoms with E-state index in [2.05, 4.69) is 272 Å². The average Bonchev–Trinajstić information content (AvgIpc) is 1.60. The summed E-state index contributed by atoms with van der Waals surface area (Å²) in [6.45, 7) is 0. The second kappa shape index (κ2) is 37.3. The molecule has 133 heavy (non-hydrogen) atoms. The summed E-state index contributed by atoms with van der Waals surface area (Å²) in [6, 6.07) is 141. The van der Waals surface area contributed by atoms with Crippen LogP contribution in [-0.2, 0) is 0 Å². The van der Waals surface area contributed by atoms with E-state index < -0.39 is 0 Å². The summed E-state index contributed by atoms with van der Waals surface area (Å²) >= 11 is 33.4. The van der Waals surface area contributed by atoms with E-state index in [4.69, 9.17) is 65.4 Å².